The van der Waals surface area contributed by atoms with Gasteiger partial charge in [0.15, 0.2) is 18.9 Å². The lowest BCUT2D eigenvalue weighted by Crippen LogP contribution is -2.70. The van der Waals surface area contributed by atoms with E-state index in [0.29, 0.717) is 13.2 Å². The van der Waals surface area contributed by atoms with Gasteiger partial charge < -0.3 is 53.7 Å². The zero-order valence-corrected chi connectivity index (χ0v) is 31.1. The summed E-state index contributed by atoms with van der Waals surface area (Å²) in [4.78, 5) is 12.7. The molecular formula is C43H50N2O10. The number of nitrogens with two attached hydrogens (primary N) is 1. The van der Waals surface area contributed by atoms with Crippen LogP contribution in [0.15, 0.2) is 121 Å². The Morgan fingerprint density at radius 1 is 0.709 bits per heavy atom. The normalized spacial score (nSPS) is 30.6. The van der Waals surface area contributed by atoms with E-state index in [1.54, 1.807) is 0 Å². The third-order valence-electron chi connectivity index (χ3n) is 9.96. The molecule has 11 atom stereocenters. The van der Waals surface area contributed by atoms with Crippen molar-refractivity contribution in [2.24, 2.45) is 5.73 Å². The average Bonchev–Trinajstić information content (AvgIpc) is 3.22. The standard InChI is InChI=1S/C43H50N2O10/c1-28(46)45-36-40(38-34(53-43(36)47-2)27-51-41(54-38)32-21-13-6-14-22-32)55-42-35(44)39(50-25-31-19-11-5-12-20-31)37(49-24-30-17-9-4-10-18-30)33(52-42)26-48-23-29-15-7-3-8-16-29/h3-22,33-43H,23-27,44H2,1-2H3,(H,45,46)/t33-,34-,35-,36-,37-,38-,39-,40-,41-,42+,43-/m1/s1. The molecule has 3 fully saturated rings. The lowest BCUT2D eigenvalue weighted by Gasteiger charge is -2.51. The van der Waals surface area contributed by atoms with E-state index in [1.165, 1.54) is 14.0 Å². The summed E-state index contributed by atoms with van der Waals surface area (Å²) in [6.07, 6.45) is -6.79. The van der Waals surface area contributed by atoms with Crippen LogP contribution in [0.1, 0.15) is 35.5 Å². The van der Waals surface area contributed by atoms with Crippen molar-refractivity contribution in [2.75, 3.05) is 20.3 Å². The van der Waals surface area contributed by atoms with Crippen LogP contribution in [0.25, 0.3) is 0 Å². The first-order chi connectivity index (χ1) is 27.0. The Hall–Kier alpha value is -4.05. The molecule has 3 N–H and O–H groups in total. The molecule has 3 aliphatic rings. The minimum Gasteiger partial charge on any atom is -0.374 e. The summed E-state index contributed by atoms with van der Waals surface area (Å²) in [7, 11) is 1.51. The van der Waals surface area contributed by atoms with Crippen LogP contribution in [-0.4, -0.2) is 87.5 Å². The van der Waals surface area contributed by atoms with Crippen molar-refractivity contribution in [3.05, 3.63) is 144 Å². The quantitative estimate of drug-likeness (QED) is 0.173. The molecule has 4 aromatic carbocycles. The predicted octanol–water partition coefficient (Wildman–Crippen LogP) is 4.80. The van der Waals surface area contributed by atoms with Crippen molar-refractivity contribution in [3.63, 3.8) is 0 Å². The molecule has 0 aliphatic carbocycles. The van der Waals surface area contributed by atoms with Crippen molar-refractivity contribution >= 4 is 5.91 Å². The summed E-state index contributed by atoms with van der Waals surface area (Å²) >= 11 is 0. The molecule has 12 nitrogen and oxygen atoms in total. The highest BCUT2D eigenvalue weighted by Gasteiger charge is 2.55. The monoisotopic (exact) mass is 754 g/mol. The predicted molar refractivity (Wildman–Crippen MR) is 201 cm³/mol. The molecule has 0 bridgehead atoms. The van der Waals surface area contributed by atoms with Gasteiger partial charge in [-0.25, -0.2) is 0 Å². The molecule has 55 heavy (non-hydrogen) atoms. The summed E-state index contributed by atoms with van der Waals surface area (Å²) in [5.74, 6) is -0.297. The summed E-state index contributed by atoms with van der Waals surface area (Å²) in [5, 5.41) is 2.98. The second-order valence-electron chi connectivity index (χ2n) is 13.9. The van der Waals surface area contributed by atoms with Crippen LogP contribution < -0.4 is 11.1 Å². The highest BCUT2D eigenvalue weighted by Crippen LogP contribution is 2.38. The molecule has 0 saturated carbocycles. The zero-order chi connectivity index (χ0) is 38.0. The molecule has 12 heteroatoms. The molecule has 0 radical (unpaired) electrons. The minimum atomic E-state index is -1.05. The fourth-order valence-electron chi connectivity index (χ4n) is 7.25. The van der Waals surface area contributed by atoms with Crippen LogP contribution >= 0.6 is 0 Å². The molecule has 292 valence electrons. The first kappa shape index (κ1) is 39.2. The van der Waals surface area contributed by atoms with Crippen LogP contribution in [-0.2, 0) is 67.2 Å². The Bertz CT molecular complexity index is 1740. The molecule has 0 unspecified atom stereocenters. The number of hydrogen-bond acceptors (Lipinski definition) is 11. The maximum atomic E-state index is 12.7. The topological polar surface area (TPSA) is 138 Å². The molecule has 4 aromatic rings. The smallest absolute Gasteiger partial charge is 0.217 e. The van der Waals surface area contributed by atoms with Gasteiger partial charge in [-0.15, -0.1) is 0 Å². The summed E-state index contributed by atoms with van der Waals surface area (Å²) in [5.41, 5.74) is 10.9. The highest BCUT2D eigenvalue weighted by molar-refractivity contribution is 5.73. The summed E-state index contributed by atoms with van der Waals surface area (Å²) in [6.45, 7) is 2.71. The van der Waals surface area contributed by atoms with E-state index in [4.69, 9.17) is 48.4 Å². The lowest BCUT2D eigenvalue weighted by molar-refractivity contribution is -0.370. The summed E-state index contributed by atoms with van der Waals surface area (Å²) < 4.78 is 58.1. The second-order valence-corrected chi connectivity index (χ2v) is 13.9. The van der Waals surface area contributed by atoms with Gasteiger partial charge in [0.2, 0.25) is 5.91 Å². The van der Waals surface area contributed by atoms with Gasteiger partial charge in [-0.1, -0.05) is 121 Å². The van der Waals surface area contributed by atoms with Crippen molar-refractivity contribution in [1.82, 2.24) is 5.32 Å². The first-order valence-electron chi connectivity index (χ1n) is 18.7. The maximum absolute atomic E-state index is 12.7. The Morgan fingerprint density at radius 3 is 1.85 bits per heavy atom. The molecule has 3 heterocycles. The third-order valence-corrected chi connectivity index (χ3v) is 9.96. The number of rotatable bonds is 15. The highest BCUT2D eigenvalue weighted by atomic mass is 16.8. The number of amides is 1. The van der Waals surface area contributed by atoms with Crippen LogP contribution in [0.5, 0.6) is 0 Å². The molecule has 0 spiro atoms. The largest absolute Gasteiger partial charge is 0.374 e. The van der Waals surface area contributed by atoms with Crippen LogP contribution in [0, 0.1) is 0 Å². The van der Waals surface area contributed by atoms with Crippen molar-refractivity contribution in [3.8, 4) is 0 Å². The van der Waals surface area contributed by atoms with Crippen LogP contribution in [0.4, 0.5) is 0 Å². The van der Waals surface area contributed by atoms with Gasteiger partial charge in [0.1, 0.15) is 42.7 Å². The zero-order valence-electron chi connectivity index (χ0n) is 31.1. The van der Waals surface area contributed by atoms with Gasteiger partial charge in [-0.2, -0.15) is 0 Å². The number of nitrogens with one attached hydrogen (secondary N) is 1. The second kappa shape index (κ2) is 19.2. The molecule has 3 aliphatic heterocycles. The van der Waals surface area contributed by atoms with Gasteiger partial charge in [0.25, 0.3) is 0 Å². The van der Waals surface area contributed by atoms with E-state index in [-0.39, 0.29) is 25.7 Å². The van der Waals surface area contributed by atoms with Gasteiger partial charge in [0.05, 0.1) is 39.1 Å². The number of carbonyl (C=O) groups is 1. The van der Waals surface area contributed by atoms with E-state index in [1.807, 2.05) is 121 Å². The first-order valence-corrected chi connectivity index (χ1v) is 18.7. The van der Waals surface area contributed by atoms with E-state index < -0.39 is 67.6 Å². The number of benzene rings is 4. The van der Waals surface area contributed by atoms with E-state index >= 15 is 0 Å². The fraction of sp³-hybridized carbons (Fsp3) is 0.419. The Labute approximate surface area is 322 Å². The third kappa shape index (κ3) is 10.0. The fourth-order valence-corrected chi connectivity index (χ4v) is 7.25. The van der Waals surface area contributed by atoms with Crippen molar-refractivity contribution < 1.29 is 47.4 Å². The van der Waals surface area contributed by atoms with Gasteiger partial charge in [0, 0.05) is 19.6 Å². The van der Waals surface area contributed by atoms with Crippen molar-refractivity contribution in [2.45, 2.75) is 94.3 Å². The lowest BCUT2D eigenvalue weighted by atomic mass is 9.93. The molecule has 1 amide bonds. The number of hydrogen-bond donors (Lipinski definition) is 2. The van der Waals surface area contributed by atoms with Gasteiger partial charge in [-0.3, -0.25) is 4.79 Å². The van der Waals surface area contributed by atoms with E-state index in [0.717, 1.165) is 22.3 Å². The minimum absolute atomic E-state index is 0.155. The van der Waals surface area contributed by atoms with Crippen LogP contribution in [0.2, 0.25) is 0 Å². The van der Waals surface area contributed by atoms with Gasteiger partial charge in [-0.05, 0) is 16.7 Å². The summed E-state index contributed by atoms with van der Waals surface area (Å²) in [6, 6.07) is 37.7. The average molecular weight is 755 g/mol. The Kier molecular flexibility index (Phi) is 13.7. The molecular weight excluding hydrogens is 704 g/mol. The molecule has 7 rings (SSSR count). The number of methoxy groups -OCH3 is 1. The molecule has 3 saturated heterocycles. The Balaban J connectivity index is 1.19. The number of fused-ring (bicyclic) bond motifs is 1. The van der Waals surface area contributed by atoms with Crippen molar-refractivity contribution in [1.29, 1.82) is 0 Å². The van der Waals surface area contributed by atoms with Crippen LogP contribution in [0.3, 0.4) is 0 Å². The van der Waals surface area contributed by atoms with Gasteiger partial charge >= 0.3 is 0 Å². The number of carbonyl (C=O) groups excluding carboxylic acids is 1. The molecule has 0 aromatic heterocycles. The number of ether oxygens (including phenoxy) is 9. The SMILES string of the molecule is CO[C@@H]1O[C@@H]2CO[C@@H](c3ccccc3)O[C@H]2[C@H](O[C@@H]2O[C@H](COCc3ccccc3)[C@@H](OCc3ccccc3)[C@H](OCc3ccccc3)[C@H]2N)[C@H]1NC(C)=O. The Morgan fingerprint density at radius 2 is 1.27 bits per heavy atom. The van der Waals surface area contributed by atoms with E-state index in [9.17, 15) is 4.79 Å². The van der Waals surface area contributed by atoms with E-state index in [2.05, 4.69) is 5.32 Å². The maximum Gasteiger partial charge on any atom is 0.217 e.